The van der Waals surface area contributed by atoms with Crippen LogP contribution in [0.2, 0.25) is 0 Å². The van der Waals surface area contributed by atoms with Crippen LogP contribution in [-0.4, -0.2) is 64.2 Å². The highest BCUT2D eigenvalue weighted by Gasteiger charge is 2.73. The summed E-state index contributed by atoms with van der Waals surface area (Å²) in [4.78, 5) is 19.5. The van der Waals surface area contributed by atoms with Crippen molar-refractivity contribution in [2.75, 3.05) is 19.6 Å². The number of benzene rings is 1. The zero-order valence-corrected chi connectivity index (χ0v) is 24.6. The molecule has 2 bridgehead atoms. The molecule has 3 heterocycles. The number of hydrogen-bond donors (Lipinski definition) is 1. The first kappa shape index (κ1) is 25.3. The first-order valence-electron chi connectivity index (χ1n) is 14.3. The molecule has 3 aliphatic carbocycles. The summed E-state index contributed by atoms with van der Waals surface area (Å²) >= 11 is 5.13. The van der Waals surface area contributed by atoms with Crippen molar-refractivity contribution in [2.45, 2.75) is 81.6 Å². The number of hydrogen-bond acceptors (Lipinski definition) is 5. The van der Waals surface area contributed by atoms with Crippen LogP contribution in [-0.2, 0) is 16.6 Å². The Morgan fingerprint density at radius 2 is 2.16 bits per heavy atom. The number of halogens is 1. The van der Waals surface area contributed by atoms with Crippen LogP contribution in [0, 0.1) is 11.8 Å². The SMILES string of the molecule is CC(C)CN(C(=O)/C=C/c1cc(Br)cs1)[C@H]1CC[C@@]2(O)[C@H]3Cc4cccc5c4[C@@]2(CCN3CC2CC2)[C@H]1O5. The number of carbonyl (C=O) groups is 1. The van der Waals surface area contributed by atoms with Gasteiger partial charge < -0.3 is 14.7 Å². The highest BCUT2D eigenvalue weighted by atomic mass is 79.9. The number of ether oxygens (including phenoxy) is 1. The lowest BCUT2D eigenvalue weighted by molar-refractivity contribution is -0.201. The van der Waals surface area contributed by atoms with E-state index in [4.69, 9.17) is 4.74 Å². The molecule has 0 radical (unpaired) electrons. The minimum atomic E-state index is -0.827. The second kappa shape index (κ2) is 9.18. The van der Waals surface area contributed by atoms with Gasteiger partial charge in [-0.05, 0) is 96.6 Å². The Morgan fingerprint density at radius 3 is 2.89 bits per heavy atom. The summed E-state index contributed by atoms with van der Waals surface area (Å²) < 4.78 is 7.90. The van der Waals surface area contributed by atoms with E-state index < -0.39 is 11.0 Å². The lowest BCUT2D eigenvalue weighted by atomic mass is 9.48. The first-order chi connectivity index (χ1) is 18.3. The molecule has 1 N–H and O–H groups in total. The van der Waals surface area contributed by atoms with Gasteiger partial charge in [0.25, 0.3) is 0 Å². The quantitative estimate of drug-likeness (QED) is 0.420. The molecule has 1 aromatic heterocycles. The van der Waals surface area contributed by atoms with Gasteiger partial charge in [-0.15, -0.1) is 11.3 Å². The number of amides is 1. The van der Waals surface area contributed by atoms with Crippen LogP contribution >= 0.6 is 27.3 Å². The number of carbonyl (C=O) groups excluding carboxylic acids is 1. The fourth-order valence-electron chi connectivity index (χ4n) is 8.19. The number of thiophene rings is 1. The molecule has 5 aliphatic rings. The maximum Gasteiger partial charge on any atom is 0.246 e. The summed E-state index contributed by atoms with van der Waals surface area (Å²) in [6.07, 6.45) is 9.33. The van der Waals surface area contributed by atoms with Gasteiger partial charge in [0, 0.05) is 45.5 Å². The molecular weight excluding hydrogens is 560 g/mol. The molecule has 2 aliphatic heterocycles. The Balaban J connectivity index is 1.27. The molecule has 1 spiro atoms. The Bertz CT molecular complexity index is 1290. The summed E-state index contributed by atoms with van der Waals surface area (Å²) in [6.45, 7) is 7.13. The van der Waals surface area contributed by atoms with Crippen LogP contribution in [0.25, 0.3) is 6.08 Å². The van der Waals surface area contributed by atoms with Gasteiger partial charge >= 0.3 is 0 Å². The van der Waals surface area contributed by atoms with Crippen molar-refractivity contribution in [3.63, 3.8) is 0 Å². The van der Waals surface area contributed by atoms with Crippen molar-refractivity contribution in [1.82, 2.24) is 9.80 Å². The van der Waals surface area contributed by atoms with Crippen LogP contribution in [0.4, 0.5) is 0 Å². The van der Waals surface area contributed by atoms with E-state index >= 15 is 0 Å². The van der Waals surface area contributed by atoms with Crippen LogP contribution in [0.1, 0.15) is 62.0 Å². The lowest BCUT2D eigenvalue weighted by Gasteiger charge is -2.65. The predicted octanol–water partition coefficient (Wildman–Crippen LogP) is 5.64. The Morgan fingerprint density at radius 1 is 1.32 bits per heavy atom. The first-order valence-corrected chi connectivity index (χ1v) is 16.0. The van der Waals surface area contributed by atoms with Gasteiger partial charge in [-0.25, -0.2) is 0 Å². The number of likely N-dealkylation sites (tertiary alicyclic amines) is 1. The fourth-order valence-corrected chi connectivity index (χ4v) is 9.53. The summed E-state index contributed by atoms with van der Waals surface area (Å²) in [5, 5.41) is 14.8. The van der Waals surface area contributed by atoms with Crippen molar-refractivity contribution in [3.8, 4) is 5.75 Å². The molecule has 2 saturated carbocycles. The zero-order valence-electron chi connectivity index (χ0n) is 22.2. The van der Waals surface area contributed by atoms with Gasteiger partial charge in [0.05, 0.1) is 17.1 Å². The van der Waals surface area contributed by atoms with Crippen LogP contribution < -0.4 is 4.74 Å². The number of piperidine rings is 1. The third kappa shape index (κ3) is 3.79. The molecule has 1 amide bonds. The molecule has 0 unspecified atom stereocenters. The normalized spacial score (nSPS) is 33.4. The van der Waals surface area contributed by atoms with Gasteiger partial charge in [-0.2, -0.15) is 0 Å². The number of rotatable bonds is 7. The maximum absolute atomic E-state index is 13.8. The van der Waals surface area contributed by atoms with E-state index in [1.165, 1.54) is 24.0 Å². The van der Waals surface area contributed by atoms with Gasteiger partial charge in [-0.3, -0.25) is 9.69 Å². The van der Waals surface area contributed by atoms with Crippen LogP contribution in [0.15, 0.2) is 40.2 Å². The van der Waals surface area contributed by atoms with Gasteiger partial charge in [-0.1, -0.05) is 26.0 Å². The van der Waals surface area contributed by atoms with Gasteiger partial charge in [0.15, 0.2) is 0 Å². The Labute approximate surface area is 238 Å². The summed E-state index contributed by atoms with van der Waals surface area (Å²) in [6, 6.07) is 8.54. The van der Waals surface area contributed by atoms with E-state index in [-0.39, 0.29) is 24.1 Å². The third-order valence-corrected chi connectivity index (χ3v) is 11.5. The zero-order chi connectivity index (χ0) is 26.2. The van der Waals surface area contributed by atoms with Crippen molar-refractivity contribution >= 4 is 39.2 Å². The van der Waals surface area contributed by atoms with Gasteiger partial charge in [0.1, 0.15) is 11.9 Å². The number of aliphatic hydroxyl groups is 1. The smallest absolute Gasteiger partial charge is 0.246 e. The summed E-state index contributed by atoms with van der Waals surface area (Å²) in [5.41, 5.74) is 1.30. The molecule has 7 heteroatoms. The minimum Gasteiger partial charge on any atom is -0.487 e. The number of nitrogens with zero attached hydrogens (tertiary/aromatic N) is 2. The van der Waals surface area contributed by atoms with E-state index in [1.54, 1.807) is 17.4 Å². The molecule has 2 aromatic rings. The highest BCUT2D eigenvalue weighted by molar-refractivity contribution is 9.10. The summed E-state index contributed by atoms with van der Waals surface area (Å²) in [5.74, 6) is 2.10. The molecule has 5 atom stereocenters. The standard InChI is InChI=1S/C31H37BrN2O3S/c1-19(2)16-34(27(35)9-8-23-15-22(32)18-38-23)24-10-11-31(36)26-14-21-4-3-5-25-28(21)30(31,29(24)37-25)12-13-33(26)17-20-6-7-20/h3-5,8-9,15,18-20,24,26,29,36H,6-7,10-14,16-17H2,1-2H3/b9-8+/t24-,26+,29-,30-,31+/m0/s1. The van der Waals surface area contributed by atoms with Crippen molar-refractivity contribution < 1.29 is 14.6 Å². The Kier molecular flexibility index (Phi) is 6.12. The van der Waals surface area contributed by atoms with E-state index in [1.807, 2.05) is 17.5 Å². The Hall–Kier alpha value is -1.67. The predicted molar refractivity (Wildman–Crippen MR) is 155 cm³/mol. The van der Waals surface area contributed by atoms with E-state index in [0.717, 1.165) is 53.4 Å². The maximum atomic E-state index is 13.8. The van der Waals surface area contributed by atoms with Gasteiger partial charge in [0.2, 0.25) is 5.91 Å². The van der Waals surface area contributed by atoms with E-state index in [9.17, 15) is 9.90 Å². The average Bonchev–Trinajstić information content (AvgIpc) is 3.49. The van der Waals surface area contributed by atoms with Crippen LogP contribution in [0.5, 0.6) is 5.75 Å². The van der Waals surface area contributed by atoms with E-state index in [0.29, 0.717) is 18.9 Å². The molecule has 3 fully saturated rings. The second-order valence-corrected chi connectivity index (χ2v) is 14.5. The molecule has 7 rings (SSSR count). The van der Waals surface area contributed by atoms with Crippen molar-refractivity contribution in [1.29, 1.82) is 0 Å². The molecular formula is C31H37BrN2O3S. The van der Waals surface area contributed by atoms with Crippen molar-refractivity contribution in [3.05, 3.63) is 56.2 Å². The van der Waals surface area contributed by atoms with Crippen LogP contribution in [0.3, 0.4) is 0 Å². The third-order valence-electron chi connectivity index (χ3n) is 9.85. The molecule has 202 valence electrons. The molecule has 1 saturated heterocycles. The molecule has 5 nitrogen and oxygen atoms in total. The van der Waals surface area contributed by atoms with E-state index in [2.05, 4.69) is 57.8 Å². The second-order valence-electron chi connectivity index (χ2n) is 12.6. The molecule has 1 aromatic carbocycles. The highest BCUT2D eigenvalue weighted by Crippen LogP contribution is 2.64. The minimum absolute atomic E-state index is 0.0355. The molecule has 38 heavy (non-hydrogen) atoms. The topological polar surface area (TPSA) is 53.0 Å². The monoisotopic (exact) mass is 596 g/mol. The lowest BCUT2D eigenvalue weighted by Crippen LogP contribution is -2.78. The fraction of sp³-hybridized carbons (Fsp3) is 0.581. The summed E-state index contributed by atoms with van der Waals surface area (Å²) in [7, 11) is 0. The average molecular weight is 598 g/mol. The van der Waals surface area contributed by atoms with Crippen molar-refractivity contribution in [2.24, 2.45) is 11.8 Å². The largest absolute Gasteiger partial charge is 0.487 e.